The van der Waals surface area contributed by atoms with Crippen LogP contribution in [0.15, 0.2) is 103 Å². The molecule has 9 nitrogen and oxygen atoms in total. The Morgan fingerprint density at radius 2 is 1.33 bits per heavy atom. The van der Waals surface area contributed by atoms with Gasteiger partial charge in [-0.2, -0.15) is 0 Å². The van der Waals surface area contributed by atoms with Gasteiger partial charge in [0.05, 0.1) is 27.8 Å². The van der Waals surface area contributed by atoms with Crippen molar-refractivity contribution >= 4 is 34.9 Å². The van der Waals surface area contributed by atoms with E-state index in [9.17, 15) is 29.3 Å². The minimum absolute atomic E-state index is 0.0493. The minimum atomic E-state index is -0.704. The second-order valence-corrected chi connectivity index (χ2v) is 9.22. The van der Waals surface area contributed by atoms with Crippen molar-refractivity contribution in [1.82, 2.24) is 4.90 Å². The lowest BCUT2D eigenvalue weighted by molar-refractivity contribution is -0.384. The molecule has 2 aliphatic heterocycles. The smallest absolute Gasteiger partial charge is 0.269 e. The highest BCUT2D eigenvalue weighted by Crippen LogP contribution is 2.46. The van der Waals surface area contributed by atoms with Crippen LogP contribution >= 0.6 is 0 Å². The number of rotatable bonds is 6. The summed E-state index contributed by atoms with van der Waals surface area (Å²) >= 11 is 0. The third kappa shape index (κ3) is 3.97. The zero-order chi connectivity index (χ0) is 27.3. The first-order valence-corrected chi connectivity index (χ1v) is 12.1. The van der Waals surface area contributed by atoms with Crippen LogP contribution in [0.2, 0.25) is 0 Å². The first kappa shape index (κ1) is 23.9. The molecule has 2 atom stereocenters. The number of hydrogen-bond acceptors (Lipinski definition) is 6. The van der Waals surface area contributed by atoms with Crippen molar-refractivity contribution in [3.63, 3.8) is 0 Å². The molecule has 39 heavy (non-hydrogen) atoms. The normalized spacial score (nSPS) is 17.6. The van der Waals surface area contributed by atoms with Gasteiger partial charge in [-0.1, -0.05) is 60.7 Å². The third-order valence-electron chi connectivity index (χ3n) is 6.96. The fourth-order valence-corrected chi connectivity index (χ4v) is 5.00. The Labute approximate surface area is 222 Å². The molecule has 0 aromatic heterocycles. The van der Waals surface area contributed by atoms with Crippen molar-refractivity contribution in [2.75, 3.05) is 4.90 Å². The molecule has 6 rings (SSSR count). The van der Waals surface area contributed by atoms with Gasteiger partial charge in [0.15, 0.2) is 5.78 Å². The van der Waals surface area contributed by atoms with Crippen molar-refractivity contribution < 1.29 is 24.1 Å². The van der Waals surface area contributed by atoms with Crippen LogP contribution in [0.3, 0.4) is 0 Å². The van der Waals surface area contributed by atoms with E-state index in [4.69, 9.17) is 0 Å². The van der Waals surface area contributed by atoms with Crippen molar-refractivity contribution in [2.24, 2.45) is 0 Å². The average molecular weight is 517 g/mol. The van der Waals surface area contributed by atoms with Crippen LogP contribution in [0.1, 0.15) is 53.0 Å². The fourth-order valence-electron chi connectivity index (χ4n) is 5.00. The van der Waals surface area contributed by atoms with E-state index >= 15 is 0 Å². The van der Waals surface area contributed by atoms with E-state index in [1.54, 1.807) is 24.3 Å². The molecule has 0 spiro atoms. The molecule has 4 aromatic rings. The summed E-state index contributed by atoms with van der Waals surface area (Å²) in [5.74, 6) is -1.85. The number of nitrogens with zero attached hydrogens (tertiary/aromatic N) is 3. The molecule has 2 aliphatic rings. The van der Waals surface area contributed by atoms with Crippen LogP contribution < -0.4 is 4.90 Å². The predicted molar refractivity (Wildman–Crippen MR) is 141 cm³/mol. The van der Waals surface area contributed by atoms with Crippen LogP contribution in [0.25, 0.3) is 0 Å². The maximum Gasteiger partial charge on any atom is 0.269 e. The number of carbonyl (C=O) groups is 4. The Balaban J connectivity index is 1.31. The SMILES string of the molecule is O=C(c1ccccc1)[C@@H]1[C@H](c2ccccc2)N1C(=O)c1ccc2c(c1)C(=O)N(c1ccc([N+](=O)[O-])cc1)C2=O. The number of imide groups is 1. The Kier molecular flexibility index (Phi) is 5.61. The van der Waals surface area contributed by atoms with Gasteiger partial charge in [0, 0.05) is 23.3 Å². The molecule has 0 N–H and O–H groups in total. The van der Waals surface area contributed by atoms with E-state index in [0.29, 0.717) is 5.56 Å². The predicted octanol–water partition coefficient (Wildman–Crippen LogP) is 4.84. The van der Waals surface area contributed by atoms with E-state index in [-0.39, 0.29) is 33.8 Å². The second-order valence-electron chi connectivity index (χ2n) is 9.22. The maximum absolute atomic E-state index is 13.7. The average Bonchev–Trinajstić information content (AvgIpc) is 3.67. The lowest BCUT2D eigenvalue weighted by atomic mass is 10.0. The quantitative estimate of drug-likeness (QED) is 0.119. The lowest BCUT2D eigenvalue weighted by Gasteiger charge is -2.13. The Morgan fingerprint density at radius 1 is 0.718 bits per heavy atom. The maximum atomic E-state index is 13.7. The zero-order valence-corrected chi connectivity index (χ0v) is 20.3. The number of Topliss-reactive ketones (excluding diaryl/α,β-unsaturated/α-hetero) is 1. The molecule has 0 saturated carbocycles. The monoisotopic (exact) mass is 517 g/mol. The van der Waals surface area contributed by atoms with E-state index in [0.717, 1.165) is 10.5 Å². The number of benzene rings is 4. The van der Waals surface area contributed by atoms with Crippen molar-refractivity contribution in [1.29, 1.82) is 0 Å². The molecule has 4 aromatic carbocycles. The summed E-state index contributed by atoms with van der Waals surface area (Å²) in [6, 6.07) is 26.2. The van der Waals surface area contributed by atoms with Gasteiger partial charge in [-0.15, -0.1) is 0 Å². The topological polar surface area (TPSA) is 118 Å². The lowest BCUT2D eigenvalue weighted by Crippen LogP contribution is -2.29. The van der Waals surface area contributed by atoms with Gasteiger partial charge in [0.2, 0.25) is 0 Å². The molecule has 0 radical (unpaired) electrons. The highest BCUT2D eigenvalue weighted by molar-refractivity contribution is 6.34. The summed E-state index contributed by atoms with van der Waals surface area (Å²) in [7, 11) is 0. The summed E-state index contributed by atoms with van der Waals surface area (Å²) in [5, 5.41) is 11.0. The number of amides is 3. The van der Waals surface area contributed by atoms with Crippen molar-refractivity contribution in [2.45, 2.75) is 12.1 Å². The molecule has 1 saturated heterocycles. The molecule has 190 valence electrons. The summed E-state index contributed by atoms with van der Waals surface area (Å²) < 4.78 is 0. The van der Waals surface area contributed by atoms with Crippen LogP contribution in [0.5, 0.6) is 0 Å². The van der Waals surface area contributed by atoms with Gasteiger partial charge in [-0.25, -0.2) is 4.90 Å². The number of ketones is 1. The molecular formula is C30H19N3O6. The van der Waals surface area contributed by atoms with Gasteiger partial charge in [0.1, 0.15) is 6.04 Å². The van der Waals surface area contributed by atoms with Gasteiger partial charge in [0.25, 0.3) is 23.4 Å². The van der Waals surface area contributed by atoms with Gasteiger partial charge in [-0.3, -0.25) is 29.3 Å². The summed E-state index contributed by atoms with van der Waals surface area (Å²) in [6.07, 6.45) is 0. The minimum Gasteiger partial charge on any atom is -0.316 e. The number of nitro benzene ring substituents is 1. The number of carbonyl (C=O) groups excluding carboxylic acids is 4. The fraction of sp³-hybridized carbons (Fsp3) is 0.0667. The highest BCUT2D eigenvalue weighted by atomic mass is 16.6. The first-order chi connectivity index (χ1) is 18.9. The molecular weight excluding hydrogens is 498 g/mol. The van der Waals surface area contributed by atoms with Crippen molar-refractivity contribution in [3.05, 3.63) is 141 Å². The molecule has 1 fully saturated rings. The molecule has 0 aliphatic carbocycles. The molecule has 9 heteroatoms. The van der Waals surface area contributed by atoms with Gasteiger partial charge in [-0.05, 0) is 35.9 Å². The van der Waals surface area contributed by atoms with Gasteiger partial charge >= 0.3 is 0 Å². The Bertz CT molecular complexity index is 1670. The number of anilines is 1. The number of fused-ring (bicyclic) bond motifs is 1. The summed E-state index contributed by atoms with van der Waals surface area (Å²) in [5.41, 5.74) is 1.66. The van der Waals surface area contributed by atoms with Gasteiger partial charge < -0.3 is 4.90 Å². The first-order valence-electron chi connectivity index (χ1n) is 12.1. The zero-order valence-electron chi connectivity index (χ0n) is 20.3. The van der Waals surface area contributed by atoms with Crippen LogP contribution in [-0.4, -0.2) is 39.4 Å². The second kappa shape index (κ2) is 9.14. The third-order valence-corrected chi connectivity index (χ3v) is 6.96. The summed E-state index contributed by atoms with van der Waals surface area (Å²) in [4.78, 5) is 66.1. The Hall–Kier alpha value is -5.44. The standard InChI is InChI=1S/C30H19N3O6/c34-27(19-9-5-2-6-10-19)26-25(18-7-3-1-4-8-18)32(26)28(35)20-11-16-23-24(17-20)30(37)31(29(23)36)21-12-14-22(15-13-21)33(38)39/h1-17,25-26H/t25-,26-,32?/m0/s1. The molecule has 3 amide bonds. The molecule has 0 unspecified atom stereocenters. The number of hydrogen-bond donors (Lipinski definition) is 0. The number of non-ortho nitro benzene ring substituents is 1. The van der Waals surface area contributed by atoms with E-state index in [1.165, 1.54) is 47.4 Å². The summed E-state index contributed by atoms with van der Waals surface area (Å²) in [6.45, 7) is 0. The Morgan fingerprint density at radius 3 is 1.97 bits per heavy atom. The highest BCUT2D eigenvalue weighted by Gasteiger charge is 2.56. The van der Waals surface area contributed by atoms with E-state index in [1.807, 2.05) is 36.4 Å². The van der Waals surface area contributed by atoms with Crippen molar-refractivity contribution in [3.8, 4) is 0 Å². The van der Waals surface area contributed by atoms with Crippen LogP contribution in [0.4, 0.5) is 11.4 Å². The van der Waals surface area contributed by atoms with Crippen LogP contribution in [-0.2, 0) is 0 Å². The van der Waals surface area contributed by atoms with Crippen LogP contribution in [0, 0.1) is 10.1 Å². The molecule has 2 heterocycles. The molecule has 0 bridgehead atoms. The number of nitro groups is 1. The largest absolute Gasteiger partial charge is 0.316 e. The van der Waals surface area contributed by atoms with E-state index < -0.39 is 34.7 Å². The van der Waals surface area contributed by atoms with E-state index in [2.05, 4.69) is 0 Å².